The molecular weight excluding hydrogens is 264 g/mol. The first kappa shape index (κ1) is 13.8. The van der Waals surface area contributed by atoms with E-state index in [0.29, 0.717) is 17.0 Å². The molecule has 1 fully saturated rings. The normalized spacial score (nSPS) is 22.2. The van der Waals surface area contributed by atoms with Crippen LogP contribution in [0.5, 0.6) is 0 Å². The smallest absolute Gasteiger partial charge is 0.113 e. The second-order valence-corrected chi connectivity index (χ2v) is 5.60. The molecule has 1 saturated heterocycles. The number of ether oxygens (including phenoxy) is 1. The standard InChI is InChI=1S/C16H18N4O/c1-11-7-13(21-2)10-20(9-11)14-4-3-12(8-17)15-16(14)19-6-5-18-15/h3-6,11,13H,7,9-10H2,1-2H3/t11-,13+/m0/s1. The molecule has 0 N–H and O–H groups in total. The lowest BCUT2D eigenvalue weighted by molar-refractivity contribution is 0.0746. The molecule has 21 heavy (non-hydrogen) atoms. The molecule has 108 valence electrons. The fourth-order valence-corrected chi connectivity index (χ4v) is 3.05. The lowest BCUT2D eigenvalue weighted by atomic mass is 9.97. The molecule has 1 aromatic heterocycles. The molecule has 0 saturated carbocycles. The lowest BCUT2D eigenvalue weighted by Crippen LogP contribution is -2.43. The van der Waals surface area contributed by atoms with E-state index in [1.807, 2.05) is 12.1 Å². The zero-order chi connectivity index (χ0) is 14.8. The van der Waals surface area contributed by atoms with Crippen molar-refractivity contribution in [2.45, 2.75) is 19.4 Å². The molecule has 0 spiro atoms. The molecule has 0 bridgehead atoms. The summed E-state index contributed by atoms with van der Waals surface area (Å²) in [6.07, 6.45) is 4.61. The van der Waals surface area contributed by atoms with Crippen molar-refractivity contribution in [2.24, 2.45) is 5.92 Å². The van der Waals surface area contributed by atoms with E-state index in [2.05, 4.69) is 27.9 Å². The monoisotopic (exact) mass is 282 g/mol. The number of nitriles is 1. The number of benzene rings is 1. The molecular formula is C16H18N4O. The van der Waals surface area contributed by atoms with Gasteiger partial charge in [0.25, 0.3) is 0 Å². The van der Waals surface area contributed by atoms with Gasteiger partial charge in [-0.1, -0.05) is 6.92 Å². The van der Waals surface area contributed by atoms with Crippen LogP contribution in [0.25, 0.3) is 11.0 Å². The van der Waals surface area contributed by atoms with Gasteiger partial charge in [-0.05, 0) is 24.5 Å². The first-order valence-electron chi connectivity index (χ1n) is 7.14. The molecule has 5 heteroatoms. The van der Waals surface area contributed by atoms with Gasteiger partial charge in [-0.2, -0.15) is 5.26 Å². The number of nitrogens with zero attached hydrogens (tertiary/aromatic N) is 4. The summed E-state index contributed by atoms with van der Waals surface area (Å²) in [5.41, 5.74) is 3.06. The Hall–Kier alpha value is -2.19. The Morgan fingerprint density at radius 2 is 2.00 bits per heavy atom. The van der Waals surface area contributed by atoms with Crippen LogP contribution in [0.15, 0.2) is 24.5 Å². The zero-order valence-corrected chi connectivity index (χ0v) is 12.3. The van der Waals surface area contributed by atoms with Crippen LogP contribution in [-0.2, 0) is 4.74 Å². The minimum atomic E-state index is 0.233. The summed E-state index contributed by atoms with van der Waals surface area (Å²) >= 11 is 0. The highest BCUT2D eigenvalue weighted by Gasteiger charge is 2.26. The van der Waals surface area contributed by atoms with E-state index in [1.54, 1.807) is 19.5 Å². The summed E-state index contributed by atoms with van der Waals surface area (Å²) in [6, 6.07) is 5.98. The molecule has 2 atom stereocenters. The average Bonchev–Trinajstić information content (AvgIpc) is 2.53. The highest BCUT2D eigenvalue weighted by Crippen LogP contribution is 2.30. The third-order valence-corrected chi connectivity index (χ3v) is 4.02. The third-order valence-electron chi connectivity index (χ3n) is 4.02. The highest BCUT2D eigenvalue weighted by molar-refractivity contribution is 5.91. The number of methoxy groups -OCH3 is 1. The van der Waals surface area contributed by atoms with Crippen LogP contribution in [-0.4, -0.2) is 36.3 Å². The zero-order valence-electron chi connectivity index (χ0n) is 12.3. The van der Waals surface area contributed by atoms with Gasteiger partial charge in [0, 0.05) is 32.6 Å². The second-order valence-electron chi connectivity index (χ2n) is 5.60. The van der Waals surface area contributed by atoms with Crippen LogP contribution in [0.2, 0.25) is 0 Å². The minimum Gasteiger partial charge on any atom is -0.380 e. The molecule has 0 radical (unpaired) electrons. The Labute approximate surface area is 124 Å². The van der Waals surface area contributed by atoms with E-state index in [4.69, 9.17) is 4.74 Å². The van der Waals surface area contributed by atoms with Crippen LogP contribution < -0.4 is 4.90 Å². The number of anilines is 1. The Balaban J connectivity index is 2.07. The molecule has 0 aliphatic carbocycles. The second kappa shape index (κ2) is 5.66. The maximum atomic E-state index is 9.21. The highest BCUT2D eigenvalue weighted by atomic mass is 16.5. The molecule has 1 aliphatic rings. The van der Waals surface area contributed by atoms with Crippen molar-refractivity contribution in [1.29, 1.82) is 5.26 Å². The summed E-state index contributed by atoms with van der Waals surface area (Å²) in [4.78, 5) is 11.1. The third kappa shape index (κ3) is 2.55. The van der Waals surface area contributed by atoms with Crippen LogP contribution in [0.3, 0.4) is 0 Å². The molecule has 5 nitrogen and oxygen atoms in total. The van der Waals surface area contributed by atoms with Crippen LogP contribution >= 0.6 is 0 Å². The molecule has 1 aliphatic heterocycles. The minimum absolute atomic E-state index is 0.233. The quantitative estimate of drug-likeness (QED) is 0.846. The predicted octanol–water partition coefficient (Wildman–Crippen LogP) is 2.36. The molecule has 0 amide bonds. The lowest BCUT2D eigenvalue weighted by Gasteiger charge is -2.37. The van der Waals surface area contributed by atoms with Crippen molar-refractivity contribution in [3.63, 3.8) is 0 Å². The first-order chi connectivity index (χ1) is 10.2. The Morgan fingerprint density at radius 3 is 2.71 bits per heavy atom. The molecule has 1 aromatic carbocycles. The number of hydrogen-bond acceptors (Lipinski definition) is 5. The van der Waals surface area contributed by atoms with Crippen molar-refractivity contribution in [2.75, 3.05) is 25.1 Å². The number of rotatable bonds is 2. The largest absolute Gasteiger partial charge is 0.380 e. The van der Waals surface area contributed by atoms with Crippen molar-refractivity contribution in [1.82, 2.24) is 9.97 Å². The van der Waals surface area contributed by atoms with Crippen LogP contribution in [0.1, 0.15) is 18.9 Å². The van der Waals surface area contributed by atoms with Crippen molar-refractivity contribution in [3.05, 3.63) is 30.1 Å². The number of aromatic nitrogens is 2. The summed E-state index contributed by atoms with van der Waals surface area (Å²) in [5.74, 6) is 0.561. The van der Waals surface area contributed by atoms with E-state index in [9.17, 15) is 5.26 Å². The van der Waals surface area contributed by atoms with Gasteiger partial charge >= 0.3 is 0 Å². The van der Waals surface area contributed by atoms with E-state index in [-0.39, 0.29) is 6.10 Å². The number of fused-ring (bicyclic) bond motifs is 1. The molecule has 3 rings (SSSR count). The van der Waals surface area contributed by atoms with E-state index < -0.39 is 0 Å². The topological polar surface area (TPSA) is 62.0 Å². The summed E-state index contributed by atoms with van der Waals surface area (Å²) in [5, 5.41) is 9.21. The van der Waals surface area contributed by atoms with Crippen molar-refractivity contribution in [3.8, 4) is 6.07 Å². The van der Waals surface area contributed by atoms with Gasteiger partial charge in [-0.25, -0.2) is 0 Å². The van der Waals surface area contributed by atoms with Crippen molar-refractivity contribution >= 4 is 16.7 Å². The Bertz CT molecular complexity index is 694. The maximum Gasteiger partial charge on any atom is 0.113 e. The van der Waals surface area contributed by atoms with Gasteiger partial charge in [0.2, 0.25) is 0 Å². The van der Waals surface area contributed by atoms with Gasteiger partial charge in [0.05, 0.1) is 17.4 Å². The van der Waals surface area contributed by atoms with E-state index in [1.165, 1.54) is 0 Å². The summed E-state index contributed by atoms with van der Waals surface area (Å²) in [6.45, 7) is 4.05. The molecule has 2 heterocycles. The van der Waals surface area contributed by atoms with Crippen LogP contribution in [0, 0.1) is 17.2 Å². The summed E-state index contributed by atoms with van der Waals surface area (Å²) in [7, 11) is 1.76. The Kier molecular flexibility index (Phi) is 3.72. The SMILES string of the molecule is CO[C@@H]1C[C@H](C)CN(c2ccc(C#N)c3nccnc23)C1. The van der Waals surface area contributed by atoms with E-state index in [0.717, 1.165) is 30.7 Å². The van der Waals surface area contributed by atoms with E-state index >= 15 is 0 Å². The van der Waals surface area contributed by atoms with Gasteiger partial charge in [-0.3, -0.25) is 9.97 Å². The fraction of sp³-hybridized carbons (Fsp3) is 0.438. The number of piperidine rings is 1. The van der Waals surface area contributed by atoms with Gasteiger partial charge in [0.1, 0.15) is 17.1 Å². The fourth-order valence-electron chi connectivity index (χ4n) is 3.05. The summed E-state index contributed by atoms with van der Waals surface area (Å²) < 4.78 is 5.54. The Morgan fingerprint density at radius 1 is 1.24 bits per heavy atom. The van der Waals surface area contributed by atoms with Gasteiger partial charge < -0.3 is 9.64 Å². The molecule has 2 aromatic rings. The van der Waals surface area contributed by atoms with Crippen molar-refractivity contribution < 1.29 is 4.74 Å². The van der Waals surface area contributed by atoms with Gasteiger partial charge in [-0.15, -0.1) is 0 Å². The van der Waals surface area contributed by atoms with Crippen LogP contribution in [0.4, 0.5) is 5.69 Å². The number of hydrogen-bond donors (Lipinski definition) is 0. The molecule has 0 unspecified atom stereocenters. The average molecular weight is 282 g/mol. The predicted molar refractivity (Wildman–Crippen MR) is 81.0 cm³/mol. The first-order valence-corrected chi connectivity index (χ1v) is 7.14. The van der Waals surface area contributed by atoms with Gasteiger partial charge in [0.15, 0.2) is 0 Å². The maximum absolute atomic E-state index is 9.21.